The Balaban J connectivity index is 1.21. The van der Waals surface area contributed by atoms with Gasteiger partial charge in [0.2, 0.25) is 11.8 Å². The second-order valence-electron chi connectivity index (χ2n) is 19.1. The third-order valence-corrected chi connectivity index (χ3v) is 15.6. The van der Waals surface area contributed by atoms with E-state index in [2.05, 4.69) is 63.6 Å². The highest BCUT2D eigenvalue weighted by atomic mass is 16.5. The van der Waals surface area contributed by atoms with Gasteiger partial charge in [-0.2, -0.15) is 0 Å². The molecule has 0 amide bonds. The first kappa shape index (κ1) is 36.0. The van der Waals surface area contributed by atoms with E-state index in [1.54, 1.807) is 26.2 Å². The van der Waals surface area contributed by atoms with Gasteiger partial charge in [0, 0.05) is 24.2 Å². The van der Waals surface area contributed by atoms with Crippen LogP contribution in [0.5, 0.6) is 0 Å². The minimum Gasteiger partial charge on any atom is -0.481 e. The summed E-state index contributed by atoms with van der Waals surface area (Å²) in [7, 11) is 0. The van der Waals surface area contributed by atoms with Crippen LogP contribution in [0.15, 0.2) is 40.1 Å². The Labute approximate surface area is 302 Å². The quantitative estimate of drug-likeness (QED) is 0.282. The summed E-state index contributed by atoms with van der Waals surface area (Å²) in [5.74, 6) is 1.05. The first-order chi connectivity index (χ1) is 23.8. The van der Waals surface area contributed by atoms with Crippen molar-refractivity contribution in [1.29, 1.82) is 0 Å². The zero-order chi connectivity index (χ0) is 36.9. The molecule has 0 aromatic carbocycles. The van der Waals surface area contributed by atoms with E-state index in [-0.39, 0.29) is 51.8 Å². The average molecular weight is 700 g/mol. The number of carbonyl (C=O) groups is 3. The average Bonchev–Trinajstić information content (AvgIpc) is 3.67. The zero-order valence-electron chi connectivity index (χ0n) is 32.1. The molecule has 5 aliphatic rings. The van der Waals surface area contributed by atoms with E-state index >= 15 is 0 Å². The minimum atomic E-state index is -1.16. The van der Waals surface area contributed by atoms with E-state index in [0.717, 1.165) is 62.5 Å². The fraction of sp³-hybridized carbons (Fsp3) is 0.714. The lowest BCUT2D eigenvalue weighted by molar-refractivity contribution is -0.232. The van der Waals surface area contributed by atoms with Crippen LogP contribution in [-0.4, -0.2) is 44.1 Å². The van der Waals surface area contributed by atoms with Crippen molar-refractivity contribution in [2.75, 3.05) is 0 Å². The largest absolute Gasteiger partial charge is 0.481 e. The van der Waals surface area contributed by atoms with Gasteiger partial charge >= 0.3 is 11.9 Å². The molecule has 0 aliphatic heterocycles. The molecule has 5 aliphatic carbocycles. The van der Waals surface area contributed by atoms with Gasteiger partial charge in [-0.05, 0) is 128 Å². The van der Waals surface area contributed by atoms with Gasteiger partial charge in [-0.15, -0.1) is 10.2 Å². The molecule has 4 saturated carbocycles. The minimum absolute atomic E-state index is 0.0183. The van der Waals surface area contributed by atoms with Crippen molar-refractivity contribution < 1.29 is 28.6 Å². The normalized spacial score (nSPS) is 37.3. The monoisotopic (exact) mass is 699 g/mol. The smallest absolute Gasteiger partial charge is 0.309 e. The third-order valence-electron chi connectivity index (χ3n) is 15.6. The highest BCUT2D eigenvalue weighted by Crippen LogP contribution is 2.76. The van der Waals surface area contributed by atoms with Crippen molar-refractivity contribution >= 4 is 17.7 Å². The van der Waals surface area contributed by atoms with Crippen LogP contribution < -0.4 is 0 Å². The molecule has 276 valence electrons. The van der Waals surface area contributed by atoms with Crippen LogP contribution in [0.2, 0.25) is 0 Å². The Kier molecular flexibility index (Phi) is 8.35. The molecule has 51 heavy (non-hydrogen) atoms. The lowest BCUT2D eigenvalue weighted by Crippen LogP contribution is -2.66. The number of carboxylic acids is 1. The van der Waals surface area contributed by atoms with Gasteiger partial charge in [0.1, 0.15) is 6.10 Å². The molecule has 2 aromatic rings. The molecule has 2 heterocycles. The van der Waals surface area contributed by atoms with E-state index < -0.39 is 22.8 Å². The molecule has 0 spiro atoms. The molecular weight excluding hydrogens is 642 g/mol. The van der Waals surface area contributed by atoms with Crippen LogP contribution in [0.4, 0.5) is 0 Å². The third kappa shape index (κ3) is 5.13. The Morgan fingerprint density at radius 3 is 2.39 bits per heavy atom. The number of ether oxygens (including phenoxy) is 1. The molecule has 0 saturated heterocycles. The van der Waals surface area contributed by atoms with Crippen LogP contribution in [0.3, 0.4) is 0 Å². The summed E-state index contributed by atoms with van der Waals surface area (Å²) < 4.78 is 12.7. The molecular formula is C42H57N3O6. The molecule has 0 bridgehead atoms. The second-order valence-corrected chi connectivity index (χ2v) is 19.1. The topological polar surface area (TPSA) is 132 Å². The van der Waals surface area contributed by atoms with E-state index in [1.807, 2.05) is 12.1 Å². The highest BCUT2D eigenvalue weighted by molar-refractivity contribution is 6.01. The number of allylic oxidation sites excluding steroid dienone is 2. The van der Waals surface area contributed by atoms with Crippen molar-refractivity contribution in [1.82, 2.24) is 15.2 Å². The molecule has 8 atom stereocenters. The van der Waals surface area contributed by atoms with Crippen LogP contribution >= 0.6 is 0 Å². The highest BCUT2D eigenvalue weighted by Gasteiger charge is 2.71. The van der Waals surface area contributed by atoms with Gasteiger partial charge in [-0.1, -0.05) is 48.5 Å². The first-order valence-corrected chi connectivity index (χ1v) is 19.3. The van der Waals surface area contributed by atoms with Crippen molar-refractivity contribution in [3.63, 3.8) is 0 Å². The van der Waals surface area contributed by atoms with Crippen LogP contribution in [0, 0.1) is 50.7 Å². The van der Waals surface area contributed by atoms with E-state index in [0.29, 0.717) is 30.0 Å². The Bertz CT molecular complexity index is 1780. The van der Waals surface area contributed by atoms with Crippen LogP contribution in [0.25, 0.3) is 11.5 Å². The molecule has 4 fully saturated rings. The van der Waals surface area contributed by atoms with Crippen molar-refractivity contribution in [2.45, 2.75) is 138 Å². The lowest BCUT2D eigenvalue weighted by atomic mass is 9.33. The predicted octanol–water partition coefficient (Wildman–Crippen LogP) is 8.78. The molecule has 9 heteroatoms. The van der Waals surface area contributed by atoms with Crippen LogP contribution in [-0.2, 0) is 24.5 Å². The summed E-state index contributed by atoms with van der Waals surface area (Å²) in [6, 6.07) is 3.79. The van der Waals surface area contributed by atoms with E-state index in [9.17, 15) is 19.5 Å². The summed E-state index contributed by atoms with van der Waals surface area (Å²) >= 11 is 0. The number of ketones is 1. The number of fused-ring (bicyclic) bond motifs is 7. The van der Waals surface area contributed by atoms with Gasteiger partial charge in [0.05, 0.1) is 22.8 Å². The van der Waals surface area contributed by atoms with Gasteiger partial charge in [-0.25, -0.2) is 0 Å². The number of carboxylic acid groups (broad SMARTS) is 1. The molecule has 2 aromatic heterocycles. The Hall–Kier alpha value is -3.36. The number of hydrogen-bond acceptors (Lipinski definition) is 8. The van der Waals surface area contributed by atoms with Gasteiger partial charge in [-0.3, -0.25) is 19.4 Å². The standard InChI is InChI=1S/C42H57N3O6/c1-24(2)32-27(46)21-42(35-45-44-34(51-35)25-11-10-20-43-23-25)19-18-40(8)26(33(32)42)12-13-29-39(7)16-15-30(50-31(47)22-37(3,4)36(48)49)38(5,6)28(39)14-17-41(29,40)9/h10-11,20,23-24,26,28-30H,12-19,21-22H2,1-9H3,(H,48,49)/t26-,28+,29-,30+,39+,40-,41-,42-/m1/s1. The number of carbonyl (C=O) groups excluding carboxylic acids is 2. The van der Waals surface area contributed by atoms with Gasteiger partial charge in [0.25, 0.3) is 0 Å². The summed E-state index contributed by atoms with van der Waals surface area (Å²) in [6.45, 7) is 19.6. The summed E-state index contributed by atoms with van der Waals surface area (Å²) in [5, 5.41) is 18.8. The summed E-state index contributed by atoms with van der Waals surface area (Å²) in [5.41, 5.74) is 1.17. The fourth-order valence-corrected chi connectivity index (χ4v) is 12.7. The summed E-state index contributed by atoms with van der Waals surface area (Å²) in [4.78, 5) is 43.2. The molecule has 0 radical (unpaired) electrons. The number of pyridine rings is 1. The molecule has 7 rings (SSSR count). The SMILES string of the molecule is CC(C)C1=C2[C@H]3CC[C@@H]4[C@@]5(C)CC[C@H](OC(=O)CC(C)(C)C(=O)O)C(C)(C)[C@@H]5CC[C@@]4(C)[C@]3(C)CC[C@@]2(c2nnc(-c3cccnc3)o2)CC1=O. The van der Waals surface area contributed by atoms with Gasteiger partial charge < -0.3 is 14.3 Å². The number of esters is 1. The molecule has 9 nitrogen and oxygen atoms in total. The van der Waals surface area contributed by atoms with E-state index in [4.69, 9.17) is 9.15 Å². The fourth-order valence-electron chi connectivity index (χ4n) is 12.7. The maximum Gasteiger partial charge on any atom is 0.309 e. The predicted molar refractivity (Wildman–Crippen MR) is 192 cm³/mol. The Morgan fingerprint density at radius 2 is 1.73 bits per heavy atom. The number of hydrogen-bond donors (Lipinski definition) is 1. The van der Waals surface area contributed by atoms with Crippen molar-refractivity contribution in [2.24, 2.45) is 50.7 Å². The number of Topliss-reactive ketones (excluding diaryl/α,β-unsaturated/α-hetero) is 1. The van der Waals surface area contributed by atoms with Gasteiger partial charge in [0.15, 0.2) is 5.78 Å². The number of nitrogens with zero attached hydrogens (tertiary/aromatic N) is 3. The number of rotatable bonds is 7. The Morgan fingerprint density at radius 1 is 0.980 bits per heavy atom. The van der Waals surface area contributed by atoms with Crippen molar-refractivity contribution in [3.05, 3.63) is 41.6 Å². The second kappa shape index (κ2) is 11.8. The van der Waals surface area contributed by atoms with E-state index in [1.165, 1.54) is 5.57 Å². The lowest BCUT2D eigenvalue weighted by Gasteiger charge is -2.72. The number of aromatic nitrogens is 3. The maximum atomic E-state index is 14.1. The first-order valence-electron chi connectivity index (χ1n) is 19.3. The van der Waals surface area contributed by atoms with Crippen molar-refractivity contribution in [3.8, 4) is 11.5 Å². The molecule has 0 unspecified atom stereocenters. The summed E-state index contributed by atoms with van der Waals surface area (Å²) in [6.07, 6.45) is 11.3. The number of aliphatic carboxylic acids is 1. The van der Waals surface area contributed by atoms with Crippen LogP contribution in [0.1, 0.15) is 132 Å². The maximum absolute atomic E-state index is 14.1. The molecule has 1 N–H and O–H groups in total. The zero-order valence-corrected chi connectivity index (χ0v) is 32.1.